The zero-order valence-corrected chi connectivity index (χ0v) is 21.0. The van der Waals surface area contributed by atoms with Crippen LogP contribution in [0.2, 0.25) is 0 Å². The number of fused-ring (bicyclic) bond motifs is 1. The fraction of sp³-hybridized carbons (Fsp3) is 0.286. The van der Waals surface area contributed by atoms with Gasteiger partial charge in [0, 0.05) is 17.2 Å². The number of thioether (sulfide) groups is 1. The molecule has 0 unspecified atom stereocenters. The van der Waals surface area contributed by atoms with Crippen LogP contribution in [0.5, 0.6) is 5.75 Å². The van der Waals surface area contributed by atoms with Crippen molar-refractivity contribution in [3.05, 3.63) is 71.8 Å². The van der Waals surface area contributed by atoms with E-state index < -0.39 is 0 Å². The van der Waals surface area contributed by atoms with Crippen LogP contribution < -0.4 is 5.43 Å². The number of phenols is 1. The number of aromatic hydroxyl groups is 1. The van der Waals surface area contributed by atoms with Crippen molar-refractivity contribution in [3.63, 3.8) is 0 Å². The van der Waals surface area contributed by atoms with Crippen LogP contribution >= 0.6 is 11.8 Å². The Labute approximate surface area is 214 Å². The highest BCUT2D eigenvalue weighted by atomic mass is 32.2. The minimum absolute atomic E-state index is 0.116. The molecule has 0 bridgehead atoms. The lowest BCUT2D eigenvalue weighted by Gasteiger charge is -2.25. The fourth-order valence-corrected chi connectivity index (χ4v) is 5.49. The molecule has 1 aromatic heterocycles. The minimum Gasteiger partial charge on any atom is -0.507 e. The lowest BCUT2D eigenvalue weighted by Crippen LogP contribution is -2.20. The topological polar surface area (TPSA) is 92.4 Å². The van der Waals surface area contributed by atoms with Gasteiger partial charge in [-0.1, -0.05) is 91.2 Å². The molecule has 1 amide bonds. The summed E-state index contributed by atoms with van der Waals surface area (Å²) in [5, 5.41) is 25.9. The van der Waals surface area contributed by atoms with Gasteiger partial charge in [0.05, 0.1) is 12.0 Å². The first-order valence-corrected chi connectivity index (χ1v) is 13.3. The number of phenolic OH excluding ortho intramolecular Hbond substituents is 1. The number of rotatable bonds is 7. The summed E-state index contributed by atoms with van der Waals surface area (Å²) in [6.07, 6.45) is 7.31. The van der Waals surface area contributed by atoms with Crippen LogP contribution in [-0.4, -0.2) is 37.7 Å². The molecule has 1 aliphatic rings. The van der Waals surface area contributed by atoms with Crippen LogP contribution in [0.4, 0.5) is 0 Å². The van der Waals surface area contributed by atoms with Crippen LogP contribution in [0.1, 0.15) is 49.3 Å². The molecule has 2 N–H and O–H groups in total. The van der Waals surface area contributed by atoms with E-state index in [-0.39, 0.29) is 17.4 Å². The van der Waals surface area contributed by atoms with E-state index in [1.54, 1.807) is 6.07 Å². The largest absolute Gasteiger partial charge is 0.507 e. The van der Waals surface area contributed by atoms with Crippen molar-refractivity contribution in [2.24, 2.45) is 5.10 Å². The second-order valence-corrected chi connectivity index (χ2v) is 10.1. The number of hydrogen-bond donors (Lipinski definition) is 2. The maximum Gasteiger partial charge on any atom is 0.250 e. The van der Waals surface area contributed by atoms with E-state index in [1.165, 1.54) is 42.8 Å². The number of hydrogen-bond acceptors (Lipinski definition) is 6. The Morgan fingerprint density at radius 3 is 2.67 bits per heavy atom. The van der Waals surface area contributed by atoms with Gasteiger partial charge in [-0.2, -0.15) is 5.10 Å². The van der Waals surface area contributed by atoms with Crippen molar-refractivity contribution in [2.75, 3.05) is 5.75 Å². The number of benzene rings is 3. The zero-order chi connectivity index (χ0) is 24.9. The smallest absolute Gasteiger partial charge is 0.250 e. The quantitative estimate of drug-likeness (QED) is 0.189. The summed E-state index contributed by atoms with van der Waals surface area (Å²) < 4.78 is 2.22. The normalized spacial score (nSPS) is 14.5. The second kappa shape index (κ2) is 11.0. The molecule has 4 aromatic rings. The Morgan fingerprint density at radius 1 is 1.08 bits per heavy atom. The van der Waals surface area contributed by atoms with Crippen LogP contribution in [0.3, 0.4) is 0 Å². The predicted molar refractivity (Wildman–Crippen MR) is 144 cm³/mol. The van der Waals surface area contributed by atoms with Crippen molar-refractivity contribution < 1.29 is 9.90 Å². The van der Waals surface area contributed by atoms with Gasteiger partial charge in [-0.05, 0) is 36.6 Å². The van der Waals surface area contributed by atoms with E-state index in [4.69, 9.17) is 0 Å². The molecule has 36 heavy (non-hydrogen) atoms. The third-order valence-electron chi connectivity index (χ3n) is 6.58. The van der Waals surface area contributed by atoms with E-state index in [0.717, 1.165) is 40.2 Å². The van der Waals surface area contributed by atoms with Crippen molar-refractivity contribution in [3.8, 4) is 17.1 Å². The molecule has 7 nitrogen and oxygen atoms in total. The van der Waals surface area contributed by atoms with Gasteiger partial charge in [0.25, 0.3) is 5.91 Å². The molecular weight excluding hydrogens is 470 g/mol. The lowest BCUT2D eigenvalue weighted by molar-refractivity contribution is -0.118. The Bertz CT molecular complexity index is 1390. The van der Waals surface area contributed by atoms with Gasteiger partial charge >= 0.3 is 0 Å². The number of carbonyl (C=O) groups is 1. The maximum absolute atomic E-state index is 12.6. The van der Waals surface area contributed by atoms with Crippen LogP contribution in [-0.2, 0) is 4.79 Å². The fourth-order valence-electron chi connectivity index (χ4n) is 4.69. The number of amides is 1. The van der Waals surface area contributed by atoms with Crippen LogP contribution in [0.25, 0.3) is 22.2 Å². The van der Waals surface area contributed by atoms with Crippen molar-refractivity contribution in [1.29, 1.82) is 0 Å². The van der Waals surface area contributed by atoms with Gasteiger partial charge < -0.3 is 5.11 Å². The number of aromatic nitrogens is 3. The summed E-state index contributed by atoms with van der Waals surface area (Å²) in [6.45, 7) is 2.07. The standard InChI is InChI=1S/C28H29N5O2S/c1-19-11-13-21(14-12-19)27-31-32-28(33(27)22-8-3-2-4-9-22)36-18-26(35)30-29-17-24-23-10-6-5-7-20(23)15-16-25(24)34/h5-7,10-17,22,34H,2-4,8-9,18H2,1H3,(H,30,35). The van der Waals surface area contributed by atoms with Crippen molar-refractivity contribution in [1.82, 2.24) is 20.2 Å². The molecule has 1 fully saturated rings. The molecule has 5 rings (SSSR count). The molecule has 1 heterocycles. The van der Waals surface area contributed by atoms with E-state index >= 15 is 0 Å². The summed E-state index contributed by atoms with van der Waals surface area (Å²) >= 11 is 1.37. The molecule has 1 saturated carbocycles. The van der Waals surface area contributed by atoms with Crippen molar-refractivity contribution >= 4 is 34.7 Å². The van der Waals surface area contributed by atoms with Gasteiger partial charge in [0.2, 0.25) is 0 Å². The Balaban J connectivity index is 1.29. The molecule has 3 aromatic carbocycles. The summed E-state index contributed by atoms with van der Waals surface area (Å²) in [5.74, 6) is 0.892. The Morgan fingerprint density at radius 2 is 1.86 bits per heavy atom. The number of hydrazone groups is 1. The van der Waals surface area contributed by atoms with Gasteiger partial charge in [-0.3, -0.25) is 9.36 Å². The predicted octanol–water partition coefficient (Wildman–Crippen LogP) is 5.86. The summed E-state index contributed by atoms with van der Waals surface area (Å²) in [5.41, 5.74) is 5.39. The first kappa shape index (κ1) is 24.1. The molecule has 0 saturated heterocycles. The molecule has 0 aliphatic heterocycles. The average molecular weight is 500 g/mol. The van der Waals surface area contributed by atoms with Crippen molar-refractivity contribution in [2.45, 2.75) is 50.2 Å². The number of aryl methyl sites for hydroxylation is 1. The molecular formula is C28H29N5O2S. The lowest BCUT2D eigenvalue weighted by atomic mass is 9.95. The maximum atomic E-state index is 12.6. The van der Waals surface area contributed by atoms with E-state index in [0.29, 0.717) is 11.6 Å². The number of nitrogens with one attached hydrogen (secondary N) is 1. The SMILES string of the molecule is Cc1ccc(-c2nnc(SCC(=O)NN=Cc3c(O)ccc4ccccc34)n2C2CCCCC2)cc1. The minimum atomic E-state index is -0.244. The molecule has 1 aliphatic carbocycles. The van der Waals surface area contributed by atoms with Crippen LogP contribution in [0.15, 0.2) is 70.9 Å². The van der Waals surface area contributed by atoms with E-state index in [2.05, 4.69) is 56.5 Å². The highest BCUT2D eigenvalue weighted by Gasteiger charge is 2.24. The molecule has 0 radical (unpaired) electrons. The highest BCUT2D eigenvalue weighted by molar-refractivity contribution is 7.99. The number of nitrogens with zero attached hydrogens (tertiary/aromatic N) is 4. The first-order chi connectivity index (χ1) is 17.6. The molecule has 8 heteroatoms. The summed E-state index contributed by atoms with van der Waals surface area (Å²) in [4.78, 5) is 12.6. The molecule has 0 spiro atoms. The number of carbonyl (C=O) groups excluding carboxylic acids is 1. The summed E-state index contributed by atoms with van der Waals surface area (Å²) in [7, 11) is 0. The molecule has 184 valence electrons. The van der Waals surface area contributed by atoms with Gasteiger partial charge in [-0.15, -0.1) is 10.2 Å². The van der Waals surface area contributed by atoms with E-state index in [9.17, 15) is 9.90 Å². The van der Waals surface area contributed by atoms with E-state index in [1.807, 2.05) is 30.3 Å². The third kappa shape index (κ3) is 5.28. The average Bonchev–Trinajstić information content (AvgIpc) is 3.33. The Hall–Kier alpha value is -3.65. The van der Waals surface area contributed by atoms with Gasteiger partial charge in [0.1, 0.15) is 5.75 Å². The monoisotopic (exact) mass is 499 g/mol. The van der Waals surface area contributed by atoms with Gasteiger partial charge in [0.15, 0.2) is 11.0 Å². The Kier molecular flexibility index (Phi) is 7.32. The zero-order valence-electron chi connectivity index (χ0n) is 20.2. The van der Waals surface area contributed by atoms with Gasteiger partial charge in [-0.25, -0.2) is 5.43 Å². The first-order valence-electron chi connectivity index (χ1n) is 12.3. The second-order valence-electron chi connectivity index (χ2n) is 9.14. The van der Waals surface area contributed by atoms with Crippen LogP contribution in [0, 0.1) is 6.92 Å². The molecule has 0 atom stereocenters. The summed E-state index contributed by atoms with van der Waals surface area (Å²) in [6, 6.07) is 19.9. The highest BCUT2D eigenvalue weighted by Crippen LogP contribution is 2.35. The third-order valence-corrected chi connectivity index (χ3v) is 7.52.